The molecule has 0 aliphatic carbocycles. The SMILES string of the molecule is Nc1ccccc1-c1c[c]ccc1. The average molecular weight is 168 g/mol. The lowest BCUT2D eigenvalue weighted by molar-refractivity contribution is 1.60. The van der Waals surface area contributed by atoms with Crippen LogP contribution in [0.2, 0.25) is 0 Å². The fraction of sp³-hybridized carbons (Fsp3) is 0. The van der Waals surface area contributed by atoms with Crippen LogP contribution in [0, 0.1) is 6.07 Å². The second-order valence-electron chi connectivity index (χ2n) is 2.88. The molecule has 0 spiro atoms. The first-order chi connectivity index (χ1) is 6.38. The molecule has 2 aromatic carbocycles. The highest BCUT2D eigenvalue weighted by Gasteiger charge is 1.98. The molecule has 0 heterocycles. The predicted molar refractivity (Wildman–Crippen MR) is 55.1 cm³/mol. The smallest absolute Gasteiger partial charge is 0.0393 e. The number of nitrogens with two attached hydrogens (primary N) is 1. The Bertz CT molecular complexity index is 393. The molecule has 0 amide bonds. The summed E-state index contributed by atoms with van der Waals surface area (Å²) < 4.78 is 0. The lowest BCUT2D eigenvalue weighted by atomic mass is 10.0. The van der Waals surface area contributed by atoms with Crippen LogP contribution >= 0.6 is 0 Å². The first kappa shape index (κ1) is 7.87. The second kappa shape index (κ2) is 3.31. The Labute approximate surface area is 77.8 Å². The van der Waals surface area contributed by atoms with Crippen LogP contribution in [0.3, 0.4) is 0 Å². The van der Waals surface area contributed by atoms with Gasteiger partial charge in [0.05, 0.1) is 0 Å². The Balaban J connectivity index is 2.54. The summed E-state index contributed by atoms with van der Waals surface area (Å²) in [6, 6.07) is 18.7. The molecule has 13 heavy (non-hydrogen) atoms. The van der Waals surface area contributed by atoms with E-state index in [2.05, 4.69) is 6.07 Å². The van der Waals surface area contributed by atoms with E-state index in [1.807, 2.05) is 48.5 Å². The summed E-state index contributed by atoms with van der Waals surface area (Å²) >= 11 is 0. The second-order valence-corrected chi connectivity index (χ2v) is 2.88. The van der Waals surface area contributed by atoms with Gasteiger partial charge in [-0.25, -0.2) is 0 Å². The molecule has 2 aromatic rings. The Kier molecular flexibility index (Phi) is 2.01. The third-order valence-electron chi connectivity index (χ3n) is 1.98. The van der Waals surface area contributed by atoms with E-state index in [1.54, 1.807) is 0 Å². The molecule has 63 valence electrons. The predicted octanol–water partition coefficient (Wildman–Crippen LogP) is 2.74. The molecule has 0 aliphatic heterocycles. The van der Waals surface area contributed by atoms with Gasteiger partial charge in [0.25, 0.3) is 0 Å². The van der Waals surface area contributed by atoms with Gasteiger partial charge in [0.15, 0.2) is 0 Å². The van der Waals surface area contributed by atoms with Crippen molar-refractivity contribution < 1.29 is 0 Å². The van der Waals surface area contributed by atoms with Gasteiger partial charge in [0.1, 0.15) is 0 Å². The summed E-state index contributed by atoms with van der Waals surface area (Å²) in [4.78, 5) is 0. The summed E-state index contributed by atoms with van der Waals surface area (Å²) in [6.45, 7) is 0. The van der Waals surface area contributed by atoms with Crippen molar-refractivity contribution >= 4 is 5.69 Å². The minimum absolute atomic E-state index is 0.808. The van der Waals surface area contributed by atoms with E-state index in [9.17, 15) is 0 Å². The summed E-state index contributed by atoms with van der Waals surface area (Å²) in [7, 11) is 0. The number of nitrogen functional groups attached to an aromatic ring is 1. The topological polar surface area (TPSA) is 26.0 Å². The van der Waals surface area contributed by atoms with Gasteiger partial charge >= 0.3 is 0 Å². The Hall–Kier alpha value is -1.76. The molecular weight excluding hydrogens is 158 g/mol. The van der Waals surface area contributed by atoms with Gasteiger partial charge in [-0.2, -0.15) is 0 Å². The van der Waals surface area contributed by atoms with Gasteiger partial charge in [-0.3, -0.25) is 0 Å². The van der Waals surface area contributed by atoms with E-state index in [-0.39, 0.29) is 0 Å². The highest BCUT2D eigenvalue weighted by Crippen LogP contribution is 2.24. The molecule has 0 bridgehead atoms. The summed E-state index contributed by atoms with van der Waals surface area (Å²) in [5, 5.41) is 0. The maximum atomic E-state index is 5.84. The van der Waals surface area contributed by atoms with Gasteiger partial charge in [0, 0.05) is 11.3 Å². The van der Waals surface area contributed by atoms with Gasteiger partial charge in [-0.15, -0.1) is 0 Å². The molecule has 1 heteroatoms. The van der Waals surface area contributed by atoms with Crippen LogP contribution in [0.1, 0.15) is 0 Å². The molecule has 2 rings (SSSR count). The van der Waals surface area contributed by atoms with Gasteiger partial charge in [-0.1, -0.05) is 36.4 Å². The number of hydrogen-bond donors (Lipinski definition) is 1. The van der Waals surface area contributed by atoms with Crippen LogP contribution < -0.4 is 5.73 Å². The molecular formula is C12H10N. The normalized spacial score (nSPS) is 9.85. The Morgan fingerprint density at radius 3 is 2.54 bits per heavy atom. The van der Waals surface area contributed by atoms with Gasteiger partial charge in [0.2, 0.25) is 0 Å². The van der Waals surface area contributed by atoms with Crippen LogP contribution in [-0.2, 0) is 0 Å². The zero-order valence-electron chi connectivity index (χ0n) is 7.20. The Morgan fingerprint density at radius 1 is 1.00 bits per heavy atom. The van der Waals surface area contributed by atoms with Crippen molar-refractivity contribution in [2.45, 2.75) is 0 Å². The van der Waals surface area contributed by atoms with E-state index in [0.29, 0.717) is 0 Å². The minimum atomic E-state index is 0.808. The highest BCUT2D eigenvalue weighted by molar-refractivity contribution is 5.75. The lowest BCUT2D eigenvalue weighted by Gasteiger charge is -2.03. The summed E-state index contributed by atoms with van der Waals surface area (Å²) in [5.41, 5.74) is 8.83. The molecule has 2 N–H and O–H groups in total. The molecule has 0 aliphatic rings. The molecule has 1 radical (unpaired) electrons. The molecule has 0 fully saturated rings. The quantitative estimate of drug-likeness (QED) is 0.651. The zero-order chi connectivity index (χ0) is 9.10. The molecule has 0 aromatic heterocycles. The van der Waals surface area contributed by atoms with Crippen LogP contribution in [0.5, 0.6) is 0 Å². The van der Waals surface area contributed by atoms with Crippen LogP contribution in [0.15, 0.2) is 48.5 Å². The monoisotopic (exact) mass is 168 g/mol. The highest BCUT2D eigenvalue weighted by atomic mass is 14.6. The van der Waals surface area contributed by atoms with Crippen LogP contribution in [0.4, 0.5) is 5.69 Å². The largest absolute Gasteiger partial charge is 0.398 e. The van der Waals surface area contributed by atoms with Crippen molar-refractivity contribution in [3.8, 4) is 11.1 Å². The van der Waals surface area contributed by atoms with Crippen molar-refractivity contribution in [2.75, 3.05) is 5.73 Å². The molecule has 1 nitrogen and oxygen atoms in total. The van der Waals surface area contributed by atoms with E-state index < -0.39 is 0 Å². The zero-order valence-corrected chi connectivity index (χ0v) is 7.20. The van der Waals surface area contributed by atoms with Crippen molar-refractivity contribution in [1.82, 2.24) is 0 Å². The van der Waals surface area contributed by atoms with Crippen LogP contribution in [0.25, 0.3) is 11.1 Å². The van der Waals surface area contributed by atoms with Crippen molar-refractivity contribution in [2.24, 2.45) is 0 Å². The number of anilines is 1. The first-order valence-electron chi connectivity index (χ1n) is 4.19. The molecule has 0 saturated heterocycles. The molecule has 0 saturated carbocycles. The lowest BCUT2D eigenvalue weighted by Crippen LogP contribution is -1.88. The standard InChI is InChI=1S/C12H10N/c13-12-9-5-4-8-11(12)10-6-2-1-3-7-10/h1-2,4-9H,13H2. The van der Waals surface area contributed by atoms with Crippen molar-refractivity contribution in [1.29, 1.82) is 0 Å². The van der Waals surface area contributed by atoms with Crippen molar-refractivity contribution in [3.05, 3.63) is 54.6 Å². The number of para-hydroxylation sites is 1. The van der Waals surface area contributed by atoms with E-state index in [0.717, 1.165) is 16.8 Å². The van der Waals surface area contributed by atoms with Gasteiger partial charge in [-0.05, 0) is 23.8 Å². The van der Waals surface area contributed by atoms with E-state index >= 15 is 0 Å². The van der Waals surface area contributed by atoms with Crippen molar-refractivity contribution in [3.63, 3.8) is 0 Å². The van der Waals surface area contributed by atoms with Crippen LogP contribution in [-0.4, -0.2) is 0 Å². The minimum Gasteiger partial charge on any atom is -0.398 e. The summed E-state index contributed by atoms with van der Waals surface area (Å²) in [5.74, 6) is 0. The summed E-state index contributed by atoms with van der Waals surface area (Å²) in [6.07, 6.45) is 0. The average Bonchev–Trinajstić information content (AvgIpc) is 2.20. The first-order valence-corrected chi connectivity index (χ1v) is 4.19. The number of benzene rings is 2. The fourth-order valence-corrected chi connectivity index (χ4v) is 1.32. The Morgan fingerprint density at radius 2 is 1.85 bits per heavy atom. The number of rotatable bonds is 1. The maximum absolute atomic E-state index is 5.84. The third kappa shape index (κ3) is 1.54. The van der Waals surface area contributed by atoms with E-state index in [4.69, 9.17) is 5.73 Å². The molecule has 0 unspecified atom stereocenters. The fourth-order valence-electron chi connectivity index (χ4n) is 1.32. The molecule has 0 atom stereocenters. The maximum Gasteiger partial charge on any atom is 0.0393 e. The van der Waals surface area contributed by atoms with Gasteiger partial charge < -0.3 is 5.73 Å². The third-order valence-corrected chi connectivity index (χ3v) is 1.98. The number of hydrogen-bond acceptors (Lipinski definition) is 1. The van der Waals surface area contributed by atoms with E-state index in [1.165, 1.54) is 0 Å².